The summed E-state index contributed by atoms with van der Waals surface area (Å²) in [6.45, 7) is 0. The van der Waals surface area contributed by atoms with Crippen LogP contribution in [-0.4, -0.2) is 34.2 Å². The molecule has 3 rings (SSSR count). The van der Waals surface area contributed by atoms with Crippen LogP contribution >= 0.6 is 0 Å². The van der Waals surface area contributed by atoms with Crippen LogP contribution < -0.4 is 4.31 Å². The molecule has 0 aliphatic heterocycles. The molecule has 0 fully saturated rings. The number of hydrogen-bond donors (Lipinski definition) is 2. The van der Waals surface area contributed by atoms with Gasteiger partial charge in [-0.3, -0.25) is 0 Å². The van der Waals surface area contributed by atoms with E-state index in [-0.39, 0.29) is 15.3 Å². The zero-order valence-electron chi connectivity index (χ0n) is 12.5. The molecule has 0 bridgehead atoms. The van der Waals surface area contributed by atoms with Gasteiger partial charge in [-0.25, -0.2) is 54.0 Å². The van der Waals surface area contributed by atoms with Crippen LogP contribution in [0.4, 0.5) is 38.3 Å². The fourth-order valence-electron chi connectivity index (χ4n) is 2.31. The van der Waals surface area contributed by atoms with E-state index in [1.165, 1.54) is 0 Å². The minimum Gasteiger partial charge on any atom is -0.464 e. The molecule has 0 atom stereocenters. The van der Waals surface area contributed by atoms with Crippen molar-refractivity contribution >= 4 is 39.5 Å². The van der Waals surface area contributed by atoms with Crippen molar-refractivity contribution in [2.24, 2.45) is 0 Å². The van der Waals surface area contributed by atoms with Crippen molar-refractivity contribution in [3.8, 4) is 0 Å². The molecule has 0 radical (unpaired) electrons. The Morgan fingerprint density at radius 3 is 2.07 bits per heavy atom. The van der Waals surface area contributed by atoms with E-state index in [1.54, 1.807) is 0 Å². The smallest absolute Gasteiger partial charge is 0.417 e. The number of thiol groups is 1. The summed E-state index contributed by atoms with van der Waals surface area (Å²) in [4.78, 5) is 18.2. The molecule has 0 aliphatic carbocycles. The van der Waals surface area contributed by atoms with Crippen molar-refractivity contribution in [3.05, 3.63) is 47.7 Å². The Bertz CT molecular complexity index is 1140. The SMILES string of the molecule is O=C(O)n1ccc2c(N(c3c(F)c(F)c(F)c(F)c3F)[SH](=O)=O)ncnc21. The molecule has 1 aromatic carbocycles. The van der Waals surface area contributed by atoms with Crippen molar-refractivity contribution in [1.82, 2.24) is 14.5 Å². The monoisotopic (exact) mass is 408 g/mol. The van der Waals surface area contributed by atoms with Gasteiger partial charge in [0.25, 0.3) is 0 Å². The van der Waals surface area contributed by atoms with Gasteiger partial charge in [0, 0.05) is 6.20 Å². The highest BCUT2D eigenvalue weighted by Gasteiger charge is 2.32. The van der Waals surface area contributed by atoms with Gasteiger partial charge in [-0.1, -0.05) is 0 Å². The molecule has 1 N–H and O–H groups in total. The van der Waals surface area contributed by atoms with Crippen LogP contribution in [0.3, 0.4) is 0 Å². The topological polar surface area (TPSA) is 105 Å². The molecule has 8 nitrogen and oxygen atoms in total. The summed E-state index contributed by atoms with van der Waals surface area (Å²) in [5.41, 5.74) is -2.16. The van der Waals surface area contributed by atoms with E-state index in [0.29, 0.717) is 10.9 Å². The van der Waals surface area contributed by atoms with Gasteiger partial charge in [0.2, 0.25) is 16.7 Å². The fraction of sp³-hybridized carbons (Fsp3) is 0. The second kappa shape index (κ2) is 6.46. The lowest BCUT2D eigenvalue weighted by molar-refractivity contribution is 0.197. The Hall–Kier alpha value is -3.29. The molecule has 14 heteroatoms. The molecule has 0 amide bonds. The lowest BCUT2D eigenvalue weighted by Crippen LogP contribution is -2.21. The van der Waals surface area contributed by atoms with Gasteiger partial charge >= 0.3 is 6.09 Å². The van der Waals surface area contributed by atoms with Crippen molar-refractivity contribution in [1.29, 1.82) is 0 Å². The van der Waals surface area contributed by atoms with E-state index in [9.17, 15) is 35.2 Å². The largest absolute Gasteiger partial charge is 0.464 e. The molecule has 2 heterocycles. The Morgan fingerprint density at radius 2 is 1.56 bits per heavy atom. The zero-order chi connectivity index (χ0) is 20.0. The van der Waals surface area contributed by atoms with Gasteiger partial charge in [0.15, 0.2) is 34.7 Å². The summed E-state index contributed by atoms with van der Waals surface area (Å²) < 4.78 is 91.8. The molecule has 0 saturated carbocycles. The molecular formula is C13H5F5N4O4S. The van der Waals surface area contributed by atoms with Crippen LogP contribution in [0.25, 0.3) is 11.0 Å². The van der Waals surface area contributed by atoms with Gasteiger partial charge in [0.1, 0.15) is 12.0 Å². The number of carboxylic acid groups (broad SMARTS) is 1. The third-order valence-electron chi connectivity index (χ3n) is 3.43. The number of aromatic nitrogens is 3. The van der Waals surface area contributed by atoms with Gasteiger partial charge in [-0.05, 0) is 6.07 Å². The van der Waals surface area contributed by atoms with E-state index in [1.807, 2.05) is 0 Å². The summed E-state index contributed by atoms with van der Waals surface area (Å²) in [6, 6.07) is 0.997. The number of hydrogen-bond acceptors (Lipinski definition) is 5. The molecular weight excluding hydrogens is 403 g/mol. The van der Waals surface area contributed by atoms with E-state index in [2.05, 4.69) is 9.97 Å². The lowest BCUT2D eigenvalue weighted by Gasteiger charge is -2.19. The predicted octanol–water partition coefficient (Wildman–Crippen LogP) is 2.32. The molecule has 0 spiro atoms. The summed E-state index contributed by atoms with van der Waals surface area (Å²) in [5, 5.41) is 8.70. The normalized spacial score (nSPS) is 11.3. The van der Waals surface area contributed by atoms with Crippen LogP contribution in [0.1, 0.15) is 0 Å². The number of benzene rings is 1. The number of carbonyl (C=O) groups is 1. The van der Waals surface area contributed by atoms with Crippen LogP contribution in [0.15, 0.2) is 18.6 Å². The van der Waals surface area contributed by atoms with Crippen molar-refractivity contribution in [3.63, 3.8) is 0 Å². The summed E-state index contributed by atoms with van der Waals surface area (Å²) in [6.07, 6.45) is 0.0679. The van der Waals surface area contributed by atoms with Gasteiger partial charge in [0.05, 0.1) is 5.39 Å². The minimum absolute atomic E-state index is 0.248. The number of fused-ring (bicyclic) bond motifs is 1. The molecule has 0 aliphatic rings. The highest BCUT2D eigenvalue weighted by atomic mass is 32.2. The van der Waals surface area contributed by atoms with Gasteiger partial charge < -0.3 is 5.11 Å². The Labute approximate surface area is 147 Å². The first-order chi connectivity index (χ1) is 12.7. The maximum atomic E-state index is 14.1. The Morgan fingerprint density at radius 1 is 1.00 bits per heavy atom. The van der Waals surface area contributed by atoms with E-state index >= 15 is 0 Å². The van der Waals surface area contributed by atoms with E-state index in [4.69, 9.17) is 5.11 Å². The van der Waals surface area contributed by atoms with Crippen LogP contribution in [0.5, 0.6) is 0 Å². The van der Waals surface area contributed by atoms with Crippen molar-refractivity contribution in [2.45, 2.75) is 0 Å². The first-order valence-electron chi connectivity index (χ1n) is 6.68. The van der Waals surface area contributed by atoms with Crippen molar-refractivity contribution < 1.29 is 40.3 Å². The average molecular weight is 408 g/mol. The molecule has 0 saturated heterocycles. The van der Waals surface area contributed by atoms with E-state index < -0.39 is 57.6 Å². The third kappa shape index (κ3) is 2.73. The summed E-state index contributed by atoms with van der Waals surface area (Å²) in [7, 11) is -4.01. The molecule has 2 aromatic heterocycles. The minimum atomic E-state index is -4.01. The van der Waals surface area contributed by atoms with E-state index in [0.717, 1.165) is 12.3 Å². The first-order valence-corrected chi connectivity index (χ1v) is 7.81. The second-order valence-corrected chi connectivity index (χ2v) is 5.75. The molecule has 0 unspecified atom stereocenters. The highest BCUT2D eigenvalue weighted by molar-refractivity contribution is 7.74. The third-order valence-corrected chi connectivity index (χ3v) is 4.14. The number of nitrogens with zero attached hydrogens (tertiary/aromatic N) is 4. The van der Waals surface area contributed by atoms with Crippen molar-refractivity contribution in [2.75, 3.05) is 4.31 Å². The first kappa shape index (κ1) is 18.5. The predicted molar refractivity (Wildman–Crippen MR) is 79.6 cm³/mol. The van der Waals surface area contributed by atoms with Crippen LogP contribution in [-0.2, 0) is 10.9 Å². The Balaban J connectivity index is 2.39. The molecule has 3 aromatic rings. The number of anilines is 2. The quantitative estimate of drug-likeness (QED) is 0.298. The zero-order valence-corrected chi connectivity index (χ0v) is 13.4. The van der Waals surface area contributed by atoms with Gasteiger partial charge in [-0.2, -0.15) is 0 Å². The fourth-order valence-corrected chi connectivity index (χ4v) is 2.96. The molecule has 142 valence electrons. The maximum absolute atomic E-state index is 14.1. The highest BCUT2D eigenvalue weighted by Crippen LogP contribution is 2.36. The van der Waals surface area contributed by atoms with Crippen LogP contribution in [0, 0.1) is 29.1 Å². The van der Waals surface area contributed by atoms with Gasteiger partial charge in [-0.15, -0.1) is 0 Å². The standard InChI is InChI=1S/C13H5F5N4O4S/c14-5-6(15)8(17)10(9(18)7(5)16)22(27(25)26)12-4-1-2-21(13(23)24)11(4)19-3-20-12/h1-3,27H,(H,23,24). The summed E-state index contributed by atoms with van der Waals surface area (Å²) in [5.74, 6) is -12.8. The second-order valence-electron chi connectivity index (χ2n) is 4.87. The maximum Gasteiger partial charge on any atom is 0.417 e. The average Bonchev–Trinajstić information content (AvgIpc) is 3.06. The number of rotatable bonds is 3. The number of halogens is 5. The van der Waals surface area contributed by atoms with Crippen LogP contribution in [0.2, 0.25) is 0 Å². The Kier molecular flexibility index (Phi) is 4.43. The molecule has 27 heavy (non-hydrogen) atoms. The summed E-state index contributed by atoms with van der Waals surface area (Å²) >= 11 is 0. The lowest BCUT2D eigenvalue weighted by atomic mass is 10.2.